The summed E-state index contributed by atoms with van der Waals surface area (Å²) in [6.45, 7) is 0.727. The summed E-state index contributed by atoms with van der Waals surface area (Å²) in [6.07, 6.45) is 6.17. The molecule has 0 aromatic rings. The van der Waals surface area contributed by atoms with Crippen LogP contribution in [0.2, 0.25) is 0 Å². The Labute approximate surface area is 98.3 Å². The van der Waals surface area contributed by atoms with Crippen LogP contribution < -0.4 is 5.32 Å². The summed E-state index contributed by atoms with van der Waals surface area (Å²) in [5.74, 6) is 0.310. The Hall–Kier alpha value is -0.130. The lowest BCUT2D eigenvalue weighted by molar-refractivity contribution is 0.127. The minimum absolute atomic E-state index is 0.310. The monoisotopic (exact) mass is 246 g/mol. The Morgan fingerprint density at radius 1 is 1.25 bits per heavy atom. The molecule has 2 heterocycles. The first kappa shape index (κ1) is 12.3. The minimum Gasteiger partial charge on any atom is -0.317 e. The molecule has 2 unspecified atom stereocenters. The maximum absolute atomic E-state index is 11.2. The van der Waals surface area contributed by atoms with Gasteiger partial charge in [0.05, 0.1) is 5.75 Å². The van der Waals surface area contributed by atoms with Gasteiger partial charge in [0.1, 0.15) is 9.84 Å². The molecular formula is C11H22N2O2S. The zero-order valence-corrected chi connectivity index (χ0v) is 11.0. The van der Waals surface area contributed by atoms with Gasteiger partial charge in [-0.2, -0.15) is 0 Å². The average Bonchev–Trinajstić information content (AvgIpc) is 2.45. The van der Waals surface area contributed by atoms with E-state index in [2.05, 4.69) is 10.2 Å². The molecule has 2 fully saturated rings. The lowest BCUT2D eigenvalue weighted by Crippen LogP contribution is -2.49. The van der Waals surface area contributed by atoms with E-state index in [9.17, 15) is 8.42 Å². The van der Waals surface area contributed by atoms with Gasteiger partial charge in [0.15, 0.2) is 0 Å². The van der Waals surface area contributed by atoms with E-state index in [4.69, 9.17) is 0 Å². The number of fused-ring (bicyclic) bond motifs is 2. The molecule has 0 radical (unpaired) electrons. The highest BCUT2D eigenvalue weighted by Crippen LogP contribution is 2.35. The minimum atomic E-state index is -2.82. The van der Waals surface area contributed by atoms with Crippen LogP contribution >= 0.6 is 0 Å². The number of piperidine rings is 1. The Balaban J connectivity index is 1.93. The molecule has 0 spiro atoms. The fourth-order valence-corrected chi connectivity index (χ4v) is 3.69. The largest absolute Gasteiger partial charge is 0.317 e. The first-order chi connectivity index (χ1) is 7.49. The van der Waals surface area contributed by atoms with Gasteiger partial charge in [-0.3, -0.25) is 4.90 Å². The molecule has 0 amide bonds. The van der Waals surface area contributed by atoms with Crippen LogP contribution in [0.3, 0.4) is 0 Å². The van der Waals surface area contributed by atoms with Crippen LogP contribution in [0.15, 0.2) is 0 Å². The van der Waals surface area contributed by atoms with E-state index in [1.807, 2.05) is 7.05 Å². The smallest absolute Gasteiger partial charge is 0.148 e. The Kier molecular flexibility index (Phi) is 3.56. The number of sulfone groups is 1. The number of hydrogen-bond donors (Lipinski definition) is 1. The van der Waals surface area contributed by atoms with Crippen molar-refractivity contribution in [3.05, 3.63) is 0 Å². The fraction of sp³-hybridized carbons (Fsp3) is 1.00. The molecule has 4 nitrogen and oxygen atoms in total. The summed E-state index contributed by atoms with van der Waals surface area (Å²) in [6, 6.07) is 1.85. The summed E-state index contributed by atoms with van der Waals surface area (Å²) < 4.78 is 22.4. The number of hydrogen-bond acceptors (Lipinski definition) is 4. The van der Waals surface area contributed by atoms with Gasteiger partial charge in [0.2, 0.25) is 0 Å². The highest BCUT2D eigenvalue weighted by molar-refractivity contribution is 7.90. The van der Waals surface area contributed by atoms with Crippen molar-refractivity contribution in [3.63, 3.8) is 0 Å². The van der Waals surface area contributed by atoms with E-state index >= 15 is 0 Å². The Morgan fingerprint density at radius 3 is 2.25 bits per heavy atom. The van der Waals surface area contributed by atoms with Crippen molar-refractivity contribution in [1.82, 2.24) is 10.2 Å². The zero-order valence-electron chi connectivity index (χ0n) is 10.1. The van der Waals surface area contributed by atoms with Crippen LogP contribution in [-0.2, 0) is 9.84 Å². The molecule has 0 saturated carbocycles. The quantitative estimate of drug-likeness (QED) is 0.772. The van der Waals surface area contributed by atoms with E-state index < -0.39 is 9.84 Å². The average molecular weight is 246 g/mol. The highest BCUT2D eigenvalue weighted by Gasteiger charge is 2.39. The highest BCUT2D eigenvalue weighted by atomic mass is 32.2. The summed E-state index contributed by atoms with van der Waals surface area (Å²) in [4.78, 5) is 2.43. The third kappa shape index (κ3) is 2.76. The first-order valence-corrected chi connectivity index (χ1v) is 8.16. The van der Waals surface area contributed by atoms with Crippen molar-refractivity contribution >= 4 is 9.84 Å². The molecule has 2 saturated heterocycles. The third-order valence-electron chi connectivity index (χ3n) is 4.01. The van der Waals surface area contributed by atoms with Crippen molar-refractivity contribution in [2.45, 2.75) is 43.8 Å². The summed E-state index contributed by atoms with van der Waals surface area (Å²) in [5, 5.41) is 3.35. The van der Waals surface area contributed by atoms with Gasteiger partial charge >= 0.3 is 0 Å². The second kappa shape index (κ2) is 4.63. The molecular weight excluding hydrogens is 224 g/mol. The van der Waals surface area contributed by atoms with Crippen molar-refractivity contribution in [2.75, 3.05) is 25.6 Å². The standard InChI is InChI=1S/C11H22N2O2S/c1-12-9-7-10-3-4-11(8-9)13(10)5-6-16(2,14)15/h9-12H,3-8H2,1-2H3. The van der Waals surface area contributed by atoms with Gasteiger partial charge < -0.3 is 5.32 Å². The summed E-state index contributed by atoms with van der Waals surface area (Å²) in [7, 11) is -0.795. The van der Waals surface area contributed by atoms with Crippen molar-refractivity contribution in [3.8, 4) is 0 Å². The van der Waals surface area contributed by atoms with E-state index in [0.29, 0.717) is 23.9 Å². The fourth-order valence-electron chi connectivity index (χ4n) is 3.15. The van der Waals surface area contributed by atoms with Crippen LogP contribution in [0, 0.1) is 0 Å². The second-order valence-corrected chi connectivity index (χ2v) is 7.47. The molecule has 2 atom stereocenters. The molecule has 2 aliphatic heterocycles. The van der Waals surface area contributed by atoms with E-state index in [1.54, 1.807) is 0 Å². The topological polar surface area (TPSA) is 49.4 Å². The van der Waals surface area contributed by atoms with E-state index in [1.165, 1.54) is 31.9 Å². The normalized spacial score (nSPS) is 35.5. The lowest BCUT2D eigenvalue weighted by Gasteiger charge is -2.38. The Bertz CT molecular complexity index is 328. The molecule has 2 bridgehead atoms. The van der Waals surface area contributed by atoms with Crippen LogP contribution in [-0.4, -0.2) is 57.0 Å². The molecule has 2 aliphatic rings. The van der Waals surface area contributed by atoms with Gasteiger partial charge in [-0.25, -0.2) is 8.42 Å². The van der Waals surface area contributed by atoms with E-state index in [-0.39, 0.29) is 0 Å². The van der Waals surface area contributed by atoms with Crippen LogP contribution in [0.25, 0.3) is 0 Å². The maximum Gasteiger partial charge on any atom is 0.148 e. The second-order valence-electron chi connectivity index (χ2n) is 5.21. The van der Waals surface area contributed by atoms with Crippen molar-refractivity contribution < 1.29 is 8.42 Å². The maximum atomic E-state index is 11.2. The molecule has 5 heteroatoms. The van der Waals surface area contributed by atoms with E-state index in [0.717, 1.165) is 6.54 Å². The summed E-state index contributed by atoms with van der Waals surface area (Å²) >= 11 is 0. The molecule has 94 valence electrons. The predicted octanol–water partition coefficient (Wildman–Crippen LogP) is 0.246. The molecule has 0 aromatic heterocycles. The third-order valence-corrected chi connectivity index (χ3v) is 4.94. The van der Waals surface area contributed by atoms with Gasteiger partial charge in [0.25, 0.3) is 0 Å². The molecule has 1 N–H and O–H groups in total. The Morgan fingerprint density at radius 2 is 1.81 bits per heavy atom. The number of nitrogens with one attached hydrogen (secondary N) is 1. The summed E-state index contributed by atoms with van der Waals surface area (Å²) in [5.41, 5.74) is 0. The first-order valence-electron chi connectivity index (χ1n) is 6.10. The van der Waals surface area contributed by atoms with Gasteiger partial charge in [-0.1, -0.05) is 0 Å². The molecule has 16 heavy (non-hydrogen) atoms. The van der Waals surface area contributed by atoms with Gasteiger partial charge in [-0.05, 0) is 32.7 Å². The van der Waals surface area contributed by atoms with Crippen molar-refractivity contribution in [1.29, 1.82) is 0 Å². The molecule has 2 rings (SSSR count). The van der Waals surface area contributed by atoms with Crippen LogP contribution in [0.1, 0.15) is 25.7 Å². The zero-order chi connectivity index (χ0) is 11.8. The molecule has 0 aromatic carbocycles. The predicted molar refractivity (Wildman–Crippen MR) is 65.3 cm³/mol. The molecule has 0 aliphatic carbocycles. The van der Waals surface area contributed by atoms with Crippen molar-refractivity contribution in [2.24, 2.45) is 0 Å². The van der Waals surface area contributed by atoms with Gasteiger partial charge in [0, 0.05) is 30.9 Å². The number of nitrogens with zero attached hydrogens (tertiary/aromatic N) is 1. The number of rotatable bonds is 4. The lowest BCUT2D eigenvalue weighted by atomic mass is 9.98. The van der Waals surface area contributed by atoms with Crippen LogP contribution in [0.4, 0.5) is 0 Å². The van der Waals surface area contributed by atoms with Gasteiger partial charge in [-0.15, -0.1) is 0 Å². The van der Waals surface area contributed by atoms with Crippen LogP contribution in [0.5, 0.6) is 0 Å². The SMILES string of the molecule is CNC1CC2CCC(C1)N2CCS(C)(=O)=O.